The van der Waals surface area contributed by atoms with E-state index in [1.807, 2.05) is 20.1 Å². The van der Waals surface area contributed by atoms with E-state index in [-0.39, 0.29) is 42.0 Å². The zero-order chi connectivity index (χ0) is 2.00. The van der Waals surface area contributed by atoms with E-state index in [2.05, 4.69) is 12.8 Å². The summed E-state index contributed by atoms with van der Waals surface area (Å²) in [5, 5.41) is 0. The van der Waals surface area contributed by atoms with Crippen LogP contribution in [0.5, 0.6) is 0 Å². The Balaban J connectivity index is -0.00000000500. The molecule has 4 heteroatoms. The first-order valence-corrected chi connectivity index (χ1v) is 6.36. The summed E-state index contributed by atoms with van der Waals surface area (Å²) in [4.78, 5) is 0. The minimum atomic E-state index is 0. The summed E-state index contributed by atoms with van der Waals surface area (Å²) in [6.07, 6.45) is 0. The summed E-state index contributed by atoms with van der Waals surface area (Å²) in [7, 11) is 0. The molecule has 4 heavy (non-hydrogen) atoms. The average Bonchev–Trinajstić information content (AvgIpc) is 1.00. The fourth-order valence-electron chi connectivity index (χ4n) is 0. The molecule has 0 aliphatic carbocycles. The van der Waals surface area contributed by atoms with Crippen molar-refractivity contribution in [2.45, 2.75) is 0 Å². The molecular formula is H8GeSbSeTe. The standard InChI is InChI=1S/GeH4.Sb.HSeTe.3H/c;;1-2;;;/h1H4;;1H;;;. The molecule has 0 N–H and O–H groups in total. The van der Waals surface area contributed by atoms with Crippen LogP contribution in [0.15, 0.2) is 0 Å². The summed E-state index contributed by atoms with van der Waals surface area (Å²) < 4.78 is 0. The minimum absolute atomic E-state index is 0. The first-order chi connectivity index (χ1) is 1.00. The SMILES string of the molecule is [GeH4].[SbH3].[SeH][Te]. The van der Waals surface area contributed by atoms with Crippen LogP contribution in [-0.2, 0) is 0 Å². The van der Waals surface area contributed by atoms with Crippen LogP contribution in [0.25, 0.3) is 0 Å². The molecule has 0 nitrogen and oxygen atoms in total. The zero-order valence-corrected chi connectivity index (χ0v) is 9.81. The summed E-state index contributed by atoms with van der Waals surface area (Å²) in [6, 6.07) is 0. The third-order valence-corrected chi connectivity index (χ3v) is 0. The molecule has 0 aromatic heterocycles. The predicted molar refractivity (Wildman–Crippen MR) is 34.2 cm³/mol. The van der Waals surface area contributed by atoms with E-state index in [9.17, 15) is 0 Å². The van der Waals surface area contributed by atoms with Crippen molar-refractivity contribution < 1.29 is 0 Å². The molecule has 0 bridgehead atoms. The second-order valence-corrected chi connectivity index (χ2v) is 0. The zero-order valence-electron chi connectivity index (χ0n) is 1.56. The van der Waals surface area contributed by atoms with E-state index in [1.54, 1.807) is 0 Å². The van der Waals surface area contributed by atoms with E-state index in [0.29, 0.717) is 0 Å². The van der Waals surface area contributed by atoms with Crippen molar-refractivity contribution in [1.82, 2.24) is 0 Å². The second kappa shape index (κ2) is 17.3. The molecule has 0 aliphatic heterocycles. The Morgan fingerprint density at radius 1 is 1.25 bits per heavy atom. The van der Waals surface area contributed by atoms with Gasteiger partial charge in [0.2, 0.25) is 0 Å². The molecule has 0 spiro atoms. The molecule has 0 fully saturated rings. The van der Waals surface area contributed by atoms with Crippen molar-refractivity contribution in [3.8, 4) is 0 Å². The van der Waals surface area contributed by atoms with Gasteiger partial charge >= 0.3 is 74.9 Å². The number of hydrogen-bond acceptors (Lipinski definition) is 0. The van der Waals surface area contributed by atoms with Crippen molar-refractivity contribution in [2.24, 2.45) is 0 Å². The normalized spacial score (nSPS) is 1.50. The first-order valence-electron chi connectivity index (χ1n) is 0.183. The topological polar surface area (TPSA) is 0 Å². The monoisotopic (exact) mass is 413 g/mol. The Kier molecular flexibility index (Phi) is 69.0. The molecule has 0 aromatic carbocycles. The molecule has 0 amide bonds. The van der Waals surface area contributed by atoms with Gasteiger partial charge in [0, 0.05) is 0 Å². The van der Waals surface area contributed by atoms with E-state index in [4.69, 9.17) is 0 Å². The maximum atomic E-state index is 2.32. The van der Waals surface area contributed by atoms with Gasteiger partial charge in [-0.05, 0) is 0 Å². The van der Waals surface area contributed by atoms with Crippen molar-refractivity contribution in [3.05, 3.63) is 0 Å². The van der Waals surface area contributed by atoms with Crippen molar-refractivity contribution in [3.63, 3.8) is 0 Å². The molecule has 1 radical (unpaired) electrons. The van der Waals surface area contributed by atoms with Crippen LogP contribution in [0.3, 0.4) is 0 Å². The third kappa shape index (κ3) is 8.82. The number of hydrogen-bond donors (Lipinski definition) is 0. The molecule has 0 rings (SSSR count). The first kappa shape index (κ1) is 15.9. The quantitative estimate of drug-likeness (QED) is 0.362. The third-order valence-electron chi connectivity index (χ3n) is 0. The van der Waals surface area contributed by atoms with Crippen LogP contribution in [0.4, 0.5) is 0 Å². The van der Waals surface area contributed by atoms with Gasteiger partial charge in [-0.2, -0.15) is 0 Å². The van der Waals surface area contributed by atoms with Crippen LogP contribution in [0.1, 0.15) is 0 Å². The van der Waals surface area contributed by atoms with Crippen molar-refractivity contribution >= 4 is 74.9 Å². The summed E-state index contributed by atoms with van der Waals surface area (Å²) >= 11 is 4.21. The van der Waals surface area contributed by atoms with Crippen LogP contribution in [-0.4, -0.2) is 74.9 Å². The van der Waals surface area contributed by atoms with E-state index < -0.39 is 0 Å². The molecule has 0 aromatic rings. The molecule has 0 atom stereocenters. The Hall–Kier alpha value is 2.67. The van der Waals surface area contributed by atoms with Gasteiger partial charge in [0.1, 0.15) is 0 Å². The van der Waals surface area contributed by atoms with Crippen molar-refractivity contribution in [1.29, 1.82) is 0 Å². The van der Waals surface area contributed by atoms with Gasteiger partial charge in [-0.3, -0.25) is 0 Å². The Labute approximate surface area is 73.6 Å². The van der Waals surface area contributed by atoms with Crippen LogP contribution < -0.4 is 0 Å². The van der Waals surface area contributed by atoms with E-state index in [1.165, 1.54) is 0 Å². The van der Waals surface area contributed by atoms with Crippen LogP contribution in [0.2, 0.25) is 0 Å². The molecule has 0 saturated heterocycles. The Morgan fingerprint density at radius 2 is 1.25 bits per heavy atom. The van der Waals surface area contributed by atoms with Crippen LogP contribution in [0, 0.1) is 0 Å². The maximum absolute atomic E-state index is 2.32. The second-order valence-electron chi connectivity index (χ2n) is 0. The fourth-order valence-corrected chi connectivity index (χ4v) is 0. The molecule has 0 heterocycles. The molecule has 0 unspecified atom stereocenters. The van der Waals surface area contributed by atoms with Gasteiger partial charge < -0.3 is 0 Å². The van der Waals surface area contributed by atoms with Gasteiger partial charge in [-0.15, -0.1) is 0 Å². The summed E-state index contributed by atoms with van der Waals surface area (Å²) in [6.45, 7) is 0. The molecular weight excluding hydrogens is 401 g/mol. The van der Waals surface area contributed by atoms with Crippen molar-refractivity contribution in [2.75, 3.05) is 0 Å². The average molecular weight is 409 g/mol. The molecule has 0 saturated carbocycles. The van der Waals surface area contributed by atoms with Crippen LogP contribution >= 0.6 is 0 Å². The molecule has 29 valence electrons. The van der Waals surface area contributed by atoms with E-state index in [0.717, 1.165) is 0 Å². The van der Waals surface area contributed by atoms with Gasteiger partial charge in [-0.1, -0.05) is 0 Å². The Morgan fingerprint density at radius 3 is 1.25 bits per heavy atom. The summed E-state index contributed by atoms with van der Waals surface area (Å²) in [5.74, 6) is 0. The summed E-state index contributed by atoms with van der Waals surface area (Å²) in [5.41, 5.74) is 0. The van der Waals surface area contributed by atoms with E-state index >= 15 is 0 Å². The predicted octanol–water partition coefficient (Wildman–Crippen LogP) is -3.66. The van der Waals surface area contributed by atoms with Gasteiger partial charge in [-0.25, -0.2) is 0 Å². The fraction of sp³-hybridized carbons (Fsp3) is 0. The number of rotatable bonds is 0. The van der Waals surface area contributed by atoms with Gasteiger partial charge in [0.05, 0.1) is 0 Å². The molecule has 0 aliphatic rings. The van der Waals surface area contributed by atoms with Gasteiger partial charge in [0.15, 0.2) is 0 Å². The Bertz CT molecular complexity index is 8.00. The van der Waals surface area contributed by atoms with Gasteiger partial charge in [0.25, 0.3) is 0 Å².